The number of anilines is 4. The Morgan fingerprint density at radius 2 is 0.906 bits per heavy atom. The topological polar surface area (TPSA) is 200 Å². The maximum Gasteiger partial charge on any atom is 0.258 e. The molecule has 0 aliphatic heterocycles. The van der Waals surface area contributed by atoms with Crippen LogP contribution in [0.1, 0.15) is 45.7 Å². The Morgan fingerprint density at radius 3 is 1.27 bits per heavy atom. The van der Waals surface area contributed by atoms with Crippen molar-refractivity contribution in [1.82, 2.24) is 0 Å². The number of halogens is 6. The van der Waals surface area contributed by atoms with Gasteiger partial charge >= 0.3 is 0 Å². The van der Waals surface area contributed by atoms with E-state index in [4.69, 9.17) is 69.6 Å². The van der Waals surface area contributed by atoms with Gasteiger partial charge in [0.25, 0.3) is 23.6 Å². The van der Waals surface area contributed by atoms with Gasteiger partial charge in [-0.2, -0.15) is 20.5 Å². The number of nitrogens with zero attached hydrogens (tertiary/aromatic N) is 4. The molecule has 20 heteroatoms. The Kier molecular flexibility index (Phi) is 17.9. The second-order valence-corrected chi connectivity index (χ2v) is 16.3. The van der Waals surface area contributed by atoms with Crippen molar-refractivity contribution >= 4 is 139 Å². The number of hydrogen-bond donors (Lipinski definition) is 4. The molecule has 0 radical (unpaired) electrons. The number of Topliss-reactive ketones (excluding diaryl/α,β-unsaturated/α-hetero) is 2. The Labute approximate surface area is 397 Å². The summed E-state index contributed by atoms with van der Waals surface area (Å²) in [6, 6.07) is 21.8. The minimum absolute atomic E-state index is 0.0560. The standard InChI is InChI=1S/C44H36Cl6N8O6/c1-23(59)39(57-55-33-17-27(15-29(47)19-33)41(61)51-31-7-3-5-25(13-31)9-11-45)43(63)53-37-21-36(50)38(22-35(37)49)54-44(64)40(24(2)60)58-56-34-18-28(16-30(48)20-34)42(62)52-32-8-4-6-26(14-32)10-12-46/h3-8,13-22,39-40H,9-12H2,1-2H3,(H,51,61)(H,52,62)(H,53,63)(H,54,64). The van der Waals surface area contributed by atoms with Gasteiger partial charge in [-0.1, -0.05) is 70.7 Å². The number of carbonyl (C=O) groups is 6. The third-order valence-electron chi connectivity index (χ3n) is 8.84. The number of ketones is 2. The van der Waals surface area contributed by atoms with Crippen LogP contribution in [0, 0.1) is 0 Å². The first-order chi connectivity index (χ1) is 30.5. The molecule has 2 unspecified atom stereocenters. The number of nitrogens with one attached hydrogen (secondary N) is 4. The largest absolute Gasteiger partial charge is 0.322 e. The van der Waals surface area contributed by atoms with Gasteiger partial charge in [0.2, 0.25) is 12.1 Å². The maximum atomic E-state index is 13.3. The van der Waals surface area contributed by atoms with Crippen LogP contribution >= 0.6 is 69.6 Å². The lowest BCUT2D eigenvalue weighted by atomic mass is 10.1. The monoisotopic (exact) mass is 982 g/mol. The molecule has 0 saturated heterocycles. The van der Waals surface area contributed by atoms with Crippen LogP contribution in [0.2, 0.25) is 20.1 Å². The molecule has 5 aromatic rings. The maximum absolute atomic E-state index is 13.3. The quantitative estimate of drug-likeness (QED) is 0.0382. The molecule has 4 N–H and O–H groups in total. The summed E-state index contributed by atoms with van der Waals surface area (Å²) in [7, 11) is 0. The molecule has 0 heterocycles. The van der Waals surface area contributed by atoms with E-state index in [-0.39, 0.29) is 54.0 Å². The Morgan fingerprint density at radius 1 is 0.516 bits per heavy atom. The van der Waals surface area contributed by atoms with Crippen molar-refractivity contribution in [2.24, 2.45) is 20.5 Å². The number of alkyl halides is 2. The number of aryl methyl sites for hydroxylation is 2. The first-order valence-corrected chi connectivity index (χ1v) is 21.6. The molecular weight excluding hydrogens is 949 g/mol. The molecule has 330 valence electrons. The molecule has 4 amide bonds. The summed E-state index contributed by atoms with van der Waals surface area (Å²) in [5.74, 6) is -3.39. The number of azo groups is 2. The molecule has 0 aromatic heterocycles. The van der Waals surface area contributed by atoms with E-state index in [1.807, 2.05) is 12.1 Å². The zero-order chi connectivity index (χ0) is 46.5. The van der Waals surface area contributed by atoms with E-state index in [9.17, 15) is 28.8 Å². The highest BCUT2D eigenvalue weighted by molar-refractivity contribution is 6.38. The summed E-state index contributed by atoms with van der Waals surface area (Å²) >= 11 is 37.2. The van der Waals surface area contributed by atoms with Crippen molar-refractivity contribution in [1.29, 1.82) is 0 Å². The van der Waals surface area contributed by atoms with Crippen LogP contribution in [0.15, 0.2) is 118 Å². The van der Waals surface area contributed by atoms with Gasteiger partial charge in [-0.05, 0) is 111 Å². The van der Waals surface area contributed by atoms with Crippen molar-refractivity contribution in [2.45, 2.75) is 38.8 Å². The lowest BCUT2D eigenvalue weighted by molar-refractivity contribution is -0.127. The highest BCUT2D eigenvalue weighted by atomic mass is 35.5. The van der Waals surface area contributed by atoms with E-state index >= 15 is 0 Å². The summed E-state index contributed by atoms with van der Waals surface area (Å²) in [6.07, 6.45) is 1.23. The number of hydrogen-bond acceptors (Lipinski definition) is 10. The highest BCUT2D eigenvalue weighted by Crippen LogP contribution is 2.34. The van der Waals surface area contributed by atoms with Gasteiger partial charge in [0.05, 0.1) is 32.8 Å². The molecule has 5 aromatic carbocycles. The first kappa shape index (κ1) is 49.3. The van der Waals surface area contributed by atoms with Crippen molar-refractivity contribution < 1.29 is 28.8 Å². The van der Waals surface area contributed by atoms with Gasteiger partial charge in [0.15, 0.2) is 11.6 Å². The molecule has 5 rings (SSSR count). The molecule has 64 heavy (non-hydrogen) atoms. The Balaban J connectivity index is 1.25. The zero-order valence-electron chi connectivity index (χ0n) is 33.7. The van der Waals surface area contributed by atoms with E-state index in [0.717, 1.165) is 25.0 Å². The summed E-state index contributed by atoms with van der Waals surface area (Å²) in [4.78, 5) is 77.9. The zero-order valence-corrected chi connectivity index (χ0v) is 38.3. The Bertz CT molecular complexity index is 2500. The average molecular weight is 986 g/mol. The van der Waals surface area contributed by atoms with Gasteiger partial charge in [0.1, 0.15) is 0 Å². The van der Waals surface area contributed by atoms with E-state index in [2.05, 4.69) is 41.7 Å². The van der Waals surface area contributed by atoms with Gasteiger partial charge < -0.3 is 21.3 Å². The summed E-state index contributed by atoms with van der Waals surface area (Å²) in [5, 5.41) is 26.4. The lowest BCUT2D eigenvalue weighted by Gasteiger charge is -2.15. The minimum Gasteiger partial charge on any atom is -0.322 e. The number of carbonyl (C=O) groups excluding carboxylic acids is 6. The van der Waals surface area contributed by atoms with E-state index in [1.54, 1.807) is 36.4 Å². The van der Waals surface area contributed by atoms with Crippen LogP contribution in [0.5, 0.6) is 0 Å². The molecule has 0 aliphatic rings. The molecule has 0 aliphatic carbocycles. The van der Waals surface area contributed by atoms with Crippen LogP contribution in [-0.2, 0) is 32.0 Å². The molecular formula is C44H36Cl6N8O6. The van der Waals surface area contributed by atoms with Crippen molar-refractivity contribution in [3.8, 4) is 0 Å². The van der Waals surface area contributed by atoms with Gasteiger partial charge in [0, 0.05) is 44.3 Å². The molecule has 0 fully saturated rings. The molecule has 14 nitrogen and oxygen atoms in total. The van der Waals surface area contributed by atoms with Crippen molar-refractivity contribution in [3.05, 3.63) is 139 Å². The molecule has 0 saturated carbocycles. The predicted octanol–water partition coefficient (Wildman–Crippen LogP) is 11.7. The van der Waals surface area contributed by atoms with Crippen LogP contribution < -0.4 is 21.3 Å². The summed E-state index contributed by atoms with van der Waals surface area (Å²) < 4.78 is 0. The van der Waals surface area contributed by atoms with E-state index in [1.165, 1.54) is 48.5 Å². The minimum atomic E-state index is -1.67. The van der Waals surface area contributed by atoms with Gasteiger partial charge in [-0.25, -0.2) is 0 Å². The third-order valence-corrected chi connectivity index (χ3v) is 10.3. The van der Waals surface area contributed by atoms with Crippen LogP contribution in [0.4, 0.5) is 34.1 Å². The molecule has 2 atom stereocenters. The number of rotatable bonds is 18. The van der Waals surface area contributed by atoms with E-state index in [0.29, 0.717) is 36.0 Å². The summed E-state index contributed by atoms with van der Waals surface area (Å²) in [5.41, 5.74) is 3.27. The van der Waals surface area contributed by atoms with Gasteiger partial charge in [-0.15, -0.1) is 23.2 Å². The Hall–Kier alpha value is -5.74. The van der Waals surface area contributed by atoms with Crippen molar-refractivity contribution in [3.63, 3.8) is 0 Å². The average Bonchev–Trinajstić information content (AvgIpc) is 3.22. The fraction of sp³-hybridized carbons (Fsp3) is 0.182. The second kappa shape index (κ2) is 23.3. The van der Waals surface area contributed by atoms with Crippen LogP contribution in [0.25, 0.3) is 0 Å². The second-order valence-electron chi connectivity index (χ2n) is 13.8. The number of benzene rings is 5. The fourth-order valence-electron chi connectivity index (χ4n) is 5.79. The van der Waals surface area contributed by atoms with E-state index < -0.39 is 47.3 Å². The number of amides is 4. The third kappa shape index (κ3) is 14.1. The molecule has 0 bridgehead atoms. The predicted molar refractivity (Wildman–Crippen MR) is 252 cm³/mol. The van der Waals surface area contributed by atoms with Crippen LogP contribution in [0.3, 0.4) is 0 Å². The first-order valence-electron chi connectivity index (χ1n) is 19.0. The fourth-order valence-corrected chi connectivity index (χ4v) is 7.10. The normalized spacial score (nSPS) is 12.1. The summed E-state index contributed by atoms with van der Waals surface area (Å²) in [6.45, 7) is 2.25. The highest BCUT2D eigenvalue weighted by Gasteiger charge is 2.27. The van der Waals surface area contributed by atoms with Crippen molar-refractivity contribution in [2.75, 3.05) is 33.0 Å². The smallest absolute Gasteiger partial charge is 0.258 e. The van der Waals surface area contributed by atoms with Gasteiger partial charge in [-0.3, -0.25) is 28.8 Å². The lowest BCUT2D eigenvalue weighted by Crippen LogP contribution is -2.32. The SMILES string of the molecule is CC(=O)C(N=Nc1cc(Cl)cc(C(=O)Nc2cccc(CCCl)c2)c1)C(=O)Nc1cc(Cl)c(NC(=O)C(N=Nc2cc(Cl)cc(C(=O)Nc3cccc(CCCl)c3)c2)C(C)=O)cc1Cl. The van der Waals surface area contributed by atoms with Crippen LogP contribution in [-0.4, -0.2) is 59.0 Å². The molecule has 0 spiro atoms.